The Hall–Kier alpha value is -3.47. The Kier molecular flexibility index (Phi) is 5.84. The van der Waals surface area contributed by atoms with Gasteiger partial charge in [0.1, 0.15) is 5.82 Å². The second-order valence-electron chi connectivity index (χ2n) is 6.58. The smallest absolute Gasteiger partial charge is 0.257 e. The Morgan fingerprint density at radius 2 is 1.71 bits per heavy atom. The van der Waals surface area contributed by atoms with Crippen molar-refractivity contribution in [1.82, 2.24) is 4.98 Å². The Balaban J connectivity index is 1.74. The quantitative estimate of drug-likeness (QED) is 0.618. The molecular formula is C23H23N3O2. The number of anilines is 3. The molecule has 0 bridgehead atoms. The minimum absolute atomic E-state index is 0.00764. The van der Waals surface area contributed by atoms with E-state index in [1.807, 2.05) is 18.2 Å². The van der Waals surface area contributed by atoms with Crippen molar-refractivity contribution in [3.63, 3.8) is 0 Å². The number of benzene rings is 2. The van der Waals surface area contributed by atoms with Gasteiger partial charge in [-0.1, -0.05) is 12.1 Å². The fourth-order valence-corrected chi connectivity index (χ4v) is 2.94. The molecule has 142 valence electrons. The second kappa shape index (κ2) is 8.48. The lowest BCUT2D eigenvalue weighted by atomic mass is 10.1. The summed E-state index contributed by atoms with van der Waals surface area (Å²) < 4.78 is 0. The van der Waals surface area contributed by atoms with Gasteiger partial charge in [0, 0.05) is 29.7 Å². The van der Waals surface area contributed by atoms with E-state index in [2.05, 4.69) is 41.2 Å². The molecule has 1 aromatic heterocycles. The summed E-state index contributed by atoms with van der Waals surface area (Å²) in [5, 5.41) is 2.82. The molecule has 5 heteroatoms. The average Bonchev–Trinajstić information content (AvgIpc) is 2.69. The van der Waals surface area contributed by atoms with Crippen molar-refractivity contribution in [3.8, 4) is 0 Å². The maximum atomic E-state index is 12.5. The number of nitrogens with one attached hydrogen (secondary N) is 1. The van der Waals surface area contributed by atoms with Crippen molar-refractivity contribution < 1.29 is 9.59 Å². The molecule has 0 spiro atoms. The number of carbonyl (C=O) groups excluding carboxylic acids is 2. The fraction of sp³-hybridized carbons (Fsp3) is 0.174. The largest absolute Gasteiger partial charge is 0.327 e. The summed E-state index contributed by atoms with van der Waals surface area (Å²) >= 11 is 0. The number of aromatic nitrogens is 1. The van der Waals surface area contributed by atoms with E-state index in [1.54, 1.807) is 36.5 Å². The molecule has 0 aliphatic carbocycles. The van der Waals surface area contributed by atoms with Gasteiger partial charge in [-0.25, -0.2) is 4.98 Å². The van der Waals surface area contributed by atoms with Crippen molar-refractivity contribution in [2.45, 2.75) is 20.8 Å². The summed E-state index contributed by atoms with van der Waals surface area (Å²) in [5.41, 5.74) is 3.97. The van der Waals surface area contributed by atoms with Gasteiger partial charge in [0.2, 0.25) is 0 Å². The number of rotatable bonds is 6. The zero-order chi connectivity index (χ0) is 20.1. The third-order valence-electron chi connectivity index (χ3n) is 4.47. The number of hydrogen-bond acceptors (Lipinski definition) is 4. The van der Waals surface area contributed by atoms with Gasteiger partial charge < -0.3 is 10.2 Å². The van der Waals surface area contributed by atoms with Crippen LogP contribution in [0.5, 0.6) is 0 Å². The van der Waals surface area contributed by atoms with Crippen molar-refractivity contribution in [3.05, 3.63) is 83.6 Å². The van der Waals surface area contributed by atoms with Gasteiger partial charge in [0.05, 0.1) is 5.56 Å². The first-order valence-electron chi connectivity index (χ1n) is 9.20. The van der Waals surface area contributed by atoms with Crippen LogP contribution in [0.15, 0.2) is 66.9 Å². The molecule has 2 aromatic carbocycles. The van der Waals surface area contributed by atoms with Crippen LogP contribution in [0.25, 0.3) is 0 Å². The molecule has 28 heavy (non-hydrogen) atoms. The highest BCUT2D eigenvalue weighted by Gasteiger charge is 2.12. The maximum Gasteiger partial charge on any atom is 0.257 e. The zero-order valence-electron chi connectivity index (χ0n) is 16.3. The molecule has 0 unspecified atom stereocenters. The van der Waals surface area contributed by atoms with Crippen LogP contribution in [0, 0.1) is 6.92 Å². The van der Waals surface area contributed by atoms with Gasteiger partial charge in [-0.2, -0.15) is 0 Å². The van der Waals surface area contributed by atoms with E-state index in [-0.39, 0.29) is 11.7 Å². The SMILES string of the molecule is CCN(c1cccc(C)c1)c1ccc(C(=O)Nc2ccc(C(C)=O)cc2)cn1. The van der Waals surface area contributed by atoms with E-state index < -0.39 is 0 Å². The van der Waals surface area contributed by atoms with Crippen molar-refractivity contribution in [1.29, 1.82) is 0 Å². The number of Topliss-reactive ketones (excluding diaryl/α,β-unsaturated/α-hetero) is 1. The average molecular weight is 373 g/mol. The molecular weight excluding hydrogens is 350 g/mol. The Bertz CT molecular complexity index is 979. The molecule has 0 saturated heterocycles. The molecule has 1 N–H and O–H groups in total. The number of carbonyl (C=O) groups is 2. The molecule has 0 radical (unpaired) electrons. The Labute approximate surface area is 165 Å². The van der Waals surface area contributed by atoms with Crippen LogP contribution in [0.3, 0.4) is 0 Å². The lowest BCUT2D eigenvalue weighted by molar-refractivity contribution is 0.101. The normalized spacial score (nSPS) is 10.4. The molecule has 1 heterocycles. The van der Waals surface area contributed by atoms with Crippen molar-refractivity contribution in [2.75, 3.05) is 16.8 Å². The standard InChI is InChI=1S/C23H23N3O2/c1-4-26(21-7-5-6-16(2)14-21)22-13-10-19(15-24-22)23(28)25-20-11-8-18(9-12-20)17(3)27/h5-15H,4H2,1-3H3,(H,25,28). The summed E-state index contributed by atoms with van der Waals surface area (Å²) in [6.45, 7) is 6.40. The number of aryl methyl sites for hydroxylation is 1. The first kappa shape index (κ1) is 19.3. The number of nitrogens with zero attached hydrogens (tertiary/aromatic N) is 2. The highest BCUT2D eigenvalue weighted by Crippen LogP contribution is 2.24. The number of ketones is 1. The highest BCUT2D eigenvalue weighted by atomic mass is 16.1. The van der Waals surface area contributed by atoms with Gasteiger partial charge in [0.15, 0.2) is 5.78 Å². The number of amides is 1. The highest BCUT2D eigenvalue weighted by molar-refractivity contribution is 6.04. The Morgan fingerprint density at radius 1 is 1.00 bits per heavy atom. The minimum Gasteiger partial charge on any atom is -0.327 e. The van der Waals surface area contributed by atoms with Gasteiger partial charge in [0.25, 0.3) is 5.91 Å². The van der Waals surface area contributed by atoms with Crippen LogP contribution < -0.4 is 10.2 Å². The predicted molar refractivity (Wildman–Crippen MR) is 112 cm³/mol. The third-order valence-corrected chi connectivity index (χ3v) is 4.47. The molecule has 0 fully saturated rings. The van der Waals surface area contributed by atoms with E-state index in [4.69, 9.17) is 0 Å². The number of hydrogen-bond donors (Lipinski definition) is 1. The molecule has 0 atom stereocenters. The van der Waals surface area contributed by atoms with E-state index in [9.17, 15) is 9.59 Å². The predicted octanol–water partition coefficient (Wildman–Crippen LogP) is 5.00. The van der Waals surface area contributed by atoms with Crippen LogP contribution in [0.2, 0.25) is 0 Å². The molecule has 3 aromatic rings. The van der Waals surface area contributed by atoms with Crippen molar-refractivity contribution >= 4 is 28.9 Å². The van der Waals surface area contributed by atoms with Crippen LogP contribution in [-0.2, 0) is 0 Å². The second-order valence-corrected chi connectivity index (χ2v) is 6.58. The fourth-order valence-electron chi connectivity index (χ4n) is 2.94. The molecule has 0 aliphatic rings. The van der Waals surface area contributed by atoms with Crippen LogP contribution in [0.4, 0.5) is 17.2 Å². The van der Waals surface area contributed by atoms with Gasteiger partial charge in [-0.3, -0.25) is 9.59 Å². The summed E-state index contributed by atoms with van der Waals surface area (Å²) in [4.78, 5) is 30.4. The third kappa shape index (κ3) is 4.43. The summed E-state index contributed by atoms with van der Waals surface area (Å²) in [6.07, 6.45) is 1.58. The topological polar surface area (TPSA) is 62.3 Å². The summed E-state index contributed by atoms with van der Waals surface area (Å²) in [6, 6.07) is 18.7. The summed E-state index contributed by atoms with van der Waals surface area (Å²) in [5.74, 6) is 0.537. The van der Waals surface area contributed by atoms with E-state index in [0.717, 1.165) is 18.1 Å². The molecule has 3 rings (SSSR count). The van der Waals surface area contributed by atoms with Gasteiger partial charge in [-0.05, 0) is 74.9 Å². The van der Waals surface area contributed by atoms with E-state index in [0.29, 0.717) is 16.8 Å². The maximum absolute atomic E-state index is 12.5. The van der Waals surface area contributed by atoms with E-state index in [1.165, 1.54) is 12.5 Å². The van der Waals surface area contributed by atoms with Gasteiger partial charge in [-0.15, -0.1) is 0 Å². The van der Waals surface area contributed by atoms with Gasteiger partial charge >= 0.3 is 0 Å². The van der Waals surface area contributed by atoms with Crippen LogP contribution >= 0.6 is 0 Å². The van der Waals surface area contributed by atoms with Crippen molar-refractivity contribution in [2.24, 2.45) is 0 Å². The lowest BCUT2D eigenvalue weighted by Crippen LogP contribution is -2.18. The molecule has 5 nitrogen and oxygen atoms in total. The van der Waals surface area contributed by atoms with E-state index >= 15 is 0 Å². The molecule has 0 saturated carbocycles. The van der Waals surface area contributed by atoms with Crippen LogP contribution in [-0.4, -0.2) is 23.2 Å². The monoisotopic (exact) mass is 373 g/mol. The first-order chi connectivity index (χ1) is 13.5. The Morgan fingerprint density at radius 3 is 2.29 bits per heavy atom. The zero-order valence-corrected chi connectivity index (χ0v) is 16.3. The van der Waals surface area contributed by atoms with Crippen LogP contribution in [0.1, 0.15) is 40.1 Å². The first-order valence-corrected chi connectivity index (χ1v) is 9.20. The summed E-state index contributed by atoms with van der Waals surface area (Å²) in [7, 11) is 0. The molecule has 1 amide bonds. The number of pyridine rings is 1. The lowest BCUT2D eigenvalue weighted by Gasteiger charge is -2.22. The minimum atomic E-state index is -0.242. The molecule has 0 aliphatic heterocycles.